The van der Waals surface area contributed by atoms with E-state index < -0.39 is 0 Å². The fraction of sp³-hybridized carbons (Fsp3) is 0.182. The highest BCUT2D eigenvalue weighted by molar-refractivity contribution is 7.12. The predicted octanol–water partition coefficient (Wildman–Crippen LogP) is 5.56. The van der Waals surface area contributed by atoms with Crippen LogP contribution in [-0.2, 0) is 11.3 Å². The average Bonchev–Trinajstić information content (AvgIpc) is 3.14. The fourth-order valence-corrected chi connectivity index (χ4v) is 3.92. The Morgan fingerprint density at radius 3 is 2.63 bits per heavy atom. The molecule has 136 valence electrons. The van der Waals surface area contributed by atoms with E-state index in [1.54, 1.807) is 34.4 Å². The Morgan fingerprint density at radius 1 is 1.11 bits per heavy atom. The molecule has 0 radical (unpaired) electrons. The first-order chi connectivity index (χ1) is 13.0. The monoisotopic (exact) mass is 378 g/mol. The third-order valence-corrected chi connectivity index (χ3v) is 5.77. The standard InChI is InChI=1S/C22H19FN2OS/c1-14-10-18-20(11-15(14)2)25(13-16-6-3-4-7-17(16)23)22(26)12-19(24-18)21-8-5-9-27-21/h3-11H,12-13H2,1-2H3. The number of rotatable bonds is 3. The Hall–Kier alpha value is -2.79. The molecule has 0 aliphatic carbocycles. The number of fused-ring (bicyclic) bond motifs is 1. The molecule has 0 atom stereocenters. The first-order valence-corrected chi connectivity index (χ1v) is 9.67. The summed E-state index contributed by atoms with van der Waals surface area (Å²) in [7, 11) is 0. The summed E-state index contributed by atoms with van der Waals surface area (Å²) in [5, 5.41) is 1.98. The molecular weight excluding hydrogens is 359 g/mol. The maximum Gasteiger partial charge on any atom is 0.233 e. The van der Waals surface area contributed by atoms with Crippen LogP contribution in [0.15, 0.2) is 58.9 Å². The molecule has 3 aromatic rings. The normalized spacial score (nSPS) is 14.0. The van der Waals surface area contributed by atoms with E-state index in [1.165, 1.54) is 6.07 Å². The van der Waals surface area contributed by atoms with Crippen molar-refractivity contribution in [2.45, 2.75) is 26.8 Å². The molecule has 4 rings (SSSR count). The van der Waals surface area contributed by atoms with Crippen LogP contribution in [0.4, 0.5) is 15.8 Å². The minimum absolute atomic E-state index is 0.0765. The van der Waals surface area contributed by atoms with Crippen LogP contribution in [0, 0.1) is 19.7 Å². The van der Waals surface area contributed by atoms with Crippen molar-refractivity contribution >= 4 is 34.3 Å². The van der Waals surface area contributed by atoms with E-state index >= 15 is 0 Å². The number of halogens is 1. The van der Waals surface area contributed by atoms with Crippen LogP contribution in [0.1, 0.15) is 28.0 Å². The summed E-state index contributed by atoms with van der Waals surface area (Å²) < 4.78 is 14.2. The summed E-state index contributed by atoms with van der Waals surface area (Å²) >= 11 is 1.57. The van der Waals surface area contributed by atoms with Gasteiger partial charge in [0.15, 0.2) is 0 Å². The summed E-state index contributed by atoms with van der Waals surface area (Å²) in [4.78, 5) is 20.6. The van der Waals surface area contributed by atoms with Crippen molar-refractivity contribution in [3.8, 4) is 0 Å². The zero-order chi connectivity index (χ0) is 19.0. The number of benzene rings is 2. The Morgan fingerprint density at radius 2 is 1.89 bits per heavy atom. The van der Waals surface area contributed by atoms with E-state index in [0.29, 0.717) is 5.56 Å². The van der Waals surface area contributed by atoms with Gasteiger partial charge >= 0.3 is 0 Å². The van der Waals surface area contributed by atoms with Crippen molar-refractivity contribution in [1.29, 1.82) is 0 Å². The van der Waals surface area contributed by atoms with Crippen molar-refractivity contribution in [3.05, 3.63) is 81.3 Å². The van der Waals surface area contributed by atoms with Gasteiger partial charge in [0.25, 0.3) is 0 Å². The lowest BCUT2D eigenvalue weighted by atomic mass is 10.1. The number of carbonyl (C=O) groups excluding carboxylic acids is 1. The van der Waals surface area contributed by atoms with Crippen molar-refractivity contribution in [1.82, 2.24) is 0 Å². The summed E-state index contributed by atoms with van der Waals surface area (Å²) in [6.07, 6.45) is 0.196. The highest BCUT2D eigenvalue weighted by Crippen LogP contribution is 2.37. The third kappa shape index (κ3) is 3.43. The minimum atomic E-state index is -0.306. The molecule has 2 aromatic carbocycles. The zero-order valence-corrected chi connectivity index (χ0v) is 16.0. The van der Waals surface area contributed by atoms with Crippen molar-refractivity contribution in [2.75, 3.05) is 4.90 Å². The van der Waals surface area contributed by atoms with Gasteiger partial charge in [-0.05, 0) is 54.6 Å². The average molecular weight is 378 g/mol. The Balaban J connectivity index is 1.83. The molecule has 27 heavy (non-hydrogen) atoms. The maximum absolute atomic E-state index is 14.2. The van der Waals surface area contributed by atoms with Gasteiger partial charge in [-0.15, -0.1) is 11.3 Å². The first kappa shape index (κ1) is 17.6. The van der Waals surface area contributed by atoms with Crippen LogP contribution in [0.2, 0.25) is 0 Å². The molecule has 0 saturated carbocycles. The summed E-state index contributed by atoms with van der Waals surface area (Å²) in [5.41, 5.74) is 4.94. The van der Waals surface area contributed by atoms with Gasteiger partial charge in [-0.3, -0.25) is 4.79 Å². The smallest absolute Gasteiger partial charge is 0.233 e. The van der Waals surface area contributed by atoms with E-state index in [2.05, 4.69) is 0 Å². The molecule has 1 amide bonds. The van der Waals surface area contributed by atoms with E-state index in [9.17, 15) is 9.18 Å². The number of aryl methyl sites for hydroxylation is 2. The van der Waals surface area contributed by atoms with Crippen LogP contribution in [0.5, 0.6) is 0 Å². The van der Waals surface area contributed by atoms with Gasteiger partial charge in [-0.1, -0.05) is 24.3 Å². The fourth-order valence-electron chi connectivity index (χ4n) is 3.20. The van der Waals surface area contributed by atoms with E-state index in [4.69, 9.17) is 4.99 Å². The highest BCUT2D eigenvalue weighted by atomic mass is 32.1. The molecule has 0 bridgehead atoms. The van der Waals surface area contributed by atoms with E-state index in [-0.39, 0.29) is 24.7 Å². The van der Waals surface area contributed by atoms with Gasteiger partial charge in [-0.25, -0.2) is 9.38 Å². The van der Waals surface area contributed by atoms with Crippen molar-refractivity contribution in [3.63, 3.8) is 0 Å². The van der Waals surface area contributed by atoms with E-state index in [0.717, 1.165) is 33.1 Å². The summed E-state index contributed by atoms with van der Waals surface area (Å²) in [6.45, 7) is 4.23. The molecule has 1 aromatic heterocycles. The summed E-state index contributed by atoms with van der Waals surface area (Å²) in [6, 6.07) is 14.5. The SMILES string of the molecule is Cc1cc2c(cc1C)N(Cc1ccccc1F)C(=O)CC(c1cccs1)=N2. The molecule has 0 spiro atoms. The molecule has 1 aliphatic rings. The van der Waals surface area contributed by atoms with Crippen LogP contribution in [-0.4, -0.2) is 11.6 Å². The second kappa shape index (κ2) is 7.08. The molecule has 2 heterocycles. The molecule has 0 fully saturated rings. The van der Waals surface area contributed by atoms with Crippen molar-refractivity contribution < 1.29 is 9.18 Å². The second-order valence-corrected chi connectivity index (χ2v) is 7.66. The van der Waals surface area contributed by atoms with E-state index in [1.807, 2.05) is 43.5 Å². The lowest BCUT2D eigenvalue weighted by Crippen LogP contribution is -2.31. The Kier molecular flexibility index (Phi) is 4.62. The lowest BCUT2D eigenvalue weighted by molar-refractivity contribution is -0.117. The molecule has 1 aliphatic heterocycles. The number of amides is 1. The molecule has 0 unspecified atom stereocenters. The van der Waals surface area contributed by atoms with Gasteiger partial charge in [0, 0.05) is 10.4 Å². The number of nitrogens with zero attached hydrogens (tertiary/aromatic N) is 2. The quantitative estimate of drug-likeness (QED) is 0.587. The van der Waals surface area contributed by atoms with Gasteiger partial charge in [-0.2, -0.15) is 0 Å². The van der Waals surface area contributed by atoms with Gasteiger partial charge in [0.2, 0.25) is 5.91 Å². The third-order valence-electron chi connectivity index (χ3n) is 4.85. The van der Waals surface area contributed by atoms with Crippen LogP contribution in [0.25, 0.3) is 0 Å². The Labute approximate surface area is 161 Å². The largest absolute Gasteiger partial charge is 0.305 e. The van der Waals surface area contributed by atoms with Crippen LogP contribution in [0.3, 0.4) is 0 Å². The molecule has 3 nitrogen and oxygen atoms in total. The minimum Gasteiger partial charge on any atom is -0.305 e. The molecular formula is C22H19FN2OS. The maximum atomic E-state index is 14.2. The first-order valence-electron chi connectivity index (χ1n) is 8.79. The van der Waals surface area contributed by atoms with Gasteiger partial charge in [0.1, 0.15) is 5.82 Å². The molecule has 0 saturated heterocycles. The van der Waals surface area contributed by atoms with Crippen LogP contribution < -0.4 is 4.90 Å². The number of thiophene rings is 1. The highest BCUT2D eigenvalue weighted by Gasteiger charge is 2.26. The number of hydrogen-bond acceptors (Lipinski definition) is 3. The lowest BCUT2D eigenvalue weighted by Gasteiger charge is -2.23. The number of aliphatic imine (C=N–C) groups is 1. The Bertz CT molecular complexity index is 1040. The number of carbonyl (C=O) groups is 1. The second-order valence-electron chi connectivity index (χ2n) is 6.71. The predicted molar refractivity (Wildman–Crippen MR) is 109 cm³/mol. The molecule has 5 heteroatoms. The zero-order valence-electron chi connectivity index (χ0n) is 15.2. The number of anilines is 1. The topological polar surface area (TPSA) is 32.7 Å². The number of hydrogen-bond donors (Lipinski definition) is 0. The van der Waals surface area contributed by atoms with Crippen LogP contribution >= 0.6 is 11.3 Å². The summed E-state index contributed by atoms with van der Waals surface area (Å²) in [5.74, 6) is -0.383. The van der Waals surface area contributed by atoms with Gasteiger partial charge in [0.05, 0.1) is 30.1 Å². The van der Waals surface area contributed by atoms with Crippen molar-refractivity contribution in [2.24, 2.45) is 4.99 Å². The van der Waals surface area contributed by atoms with Gasteiger partial charge < -0.3 is 4.90 Å². The molecule has 0 N–H and O–H groups in total.